The number of aromatic amines is 1. The molecule has 1 aromatic carbocycles. The van der Waals surface area contributed by atoms with E-state index in [-0.39, 0.29) is 5.92 Å². The van der Waals surface area contributed by atoms with Gasteiger partial charge in [-0.15, -0.1) is 0 Å². The Morgan fingerprint density at radius 1 is 1.19 bits per heavy atom. The highest BCUT2D eigenvalue weighted by Gasteiger charge is 2.24. The molecule has 1 saturated carbocycles. The van der Waals surface area contributed by atoms with E-state index in [0.29, 0.717) is 10.8 Å². The van der Waals surface area contributed by atoms with Crippen molar-refractivity contribution in [2.75, 3.05) is 0 Å². The molecule has 0 amide bonds. The molecule has 4 rings (SSSR count). The largest absolute Gasteiger partial charge is 0.343 e. The van der Waals surface area contributed by atoms with Crippen LogP contribution in [0.3, 0.4) is 0 Å². The van der Waals surface area contributed by atoms with E-state index in [2.05, 4.69) is 28.7 Å². The van der Waals surface area contributed by atoms with Crippen LogP contribution in [0.15, 0.2) is 65.5 Å². The summed E-state index contributed by atoms with van der Waals surface area (Å²) >= 11 is 0. The minimum absolute atomic E-state index is 0.211. The molecule has 1 unspecified atom stereocenters. The second-order valence-electron chi connectivity index (χ2n) is 7.39. The second kappa shape index (κ2) is 7.31. The number of H-pyrrole nitrogens is 1. The summed E-state index contributed by atoms with van der Waals surface area (Å²) in [7, 11) is -3.40. The zero-order valence-corrected chi connectivity index (χ0v) is 16.1. The fraction of sp³-hybridized carbons (Fsp3) is 0.318. The number of nitrogens with zero attached hydrogens (tertiary/aromatic N) is 1. The fourth-order valence-corrected chi connectivity index (χ4v) is 4.88. The highest BCUT2D eigenvalue weighted by Crippen LogP contribution is 2.38. The van der Waals surface area contributed by atoms with Crippen molar-refractivity contribution in [3.05, 3.63) is 71.9 Å². The predicted molar refractivity (Wildman–Crippen MR) is 108 cm³/mol. The van der Waals surface area contributed by atoms with Crippen molar-refractivity contribution in [1.82, 2.24) is 9.97 Å². The molecule has 4 nitrogen and oxygen atoms in total. The third-order valence-corrected chi connectivity index (χ3v) is 7.03. The van der Waals surface area contributed by atoms with Crippen LogP contribution < -0.4 is 0 Å². The Hall–Kier alpha value is -2.40. The monoisotopic (exact) mass is 380 g/mol. The van der Waals surface area contributed by atoms with Crippen LogP contribution >= 0.6 is 0 Å². The maximum absolute atomic E-state index is 12.0. The first-order chi connectivity index (χ1) is 13.1. The number of pyridine rings is 1. The lowest BCUT2D eigenvalue weighted by Crippen LogP contribution is -2.08. The molecule has 2 heterocycles. The van der Waals surface area contributed by atoms with Gasteiger partial charge in [0.1, 0.15) is 5.65 Å². The minimum Gasteiger partial charge on any atom is -0.343 e. The summed E-state index contributed by atoms with van der Waals surface area (Å²) in [5.74, 6) is 0.925. The molecule has 1 atom stereocenters. The van der Waals surface area contributed by atoms with Gasteiger partial charge < -0.3 is 4.98 Å². The standard InChI is InChI=1S/C22H24N2O2S/c1-2-27(25,26)19-11-9-17(10-12-19)20(14-16-6-3-4-7-16)21-15-18-8-5-13-23-22(18)24-21/h2,5,8-13,15-16,20H,1,3-4,6-7,14H2,(H,23,24). The molecule has 0 radical (unpaired) electrons. The highest BCUT2D eigenvalue weighted by atomic mass is 32.2. The Morgan fingerprint density at radius 3 is 2.59 bits per heavy atom. The first-order valence-corrected chi connectivity index (χ1v) is 11.0. The molecule has 0 aliphatic heterocycles. The normalized spacial score (nSPS) is 16.6. The van der Waals surface area contributed by atoms with E-state index in [9.17, 15) is 8.42 Å². The number of nitrogens with one attached hydrogen (secondary N) is 1. The molecule has 1 aliphatic rings. The van der Waals surface area contributed by atoms with E-state index in [4.69, 9.17) is 0 Å². The number of sulfone groups is 1. The molecule has 1 N–H and O–H groups in total. The van der Waals surface area contributed by atoms with Gasteiger partial charge in [-0.3, -0.25) is 0 Å². The summed E-state index contributed by atoms with van der Waals surface area (Å²) in [4.78, 5) is 8.19. The van der Waals surface area contributed by atoms with Crippen LogP contribution in [0.1, 0.15) is 49.3 Å². The molecule has 27 heavy (non-hydrogen) atoms. The van der Waals surface area contributed by atoms with Crippen molar-refractivity contribution >= 4 is 20.9 Å². The molecule has 0 spiro atoms. The summed E-state index contributed by atoms with van der Waals surface area (Å²) in [6.07, 6.45) is 8.03. The summed E-state index contributed by atoms with van der Waals surface area (Å²) < 4.78 is 24.0. The number of hydrogen-bond donors (Lipinski definition) is 1. The highest BCUT2D eigenvalue weighted by molar-refractivity contribution is 7.94. The topological polar surface area (TPSA) is 62.8 Å². The third kappa shape index (κ3) is 3.69. The molecule has 5 heteroatoms. The Morgan fingerprint density at radius 2 is 1.93 bits per heavy atom. The van der Waals surface area contributed by atoms with E-state index in [1.165, 1.54) is 25.7 Å². The Bertz CT molecular complexity index is 1010. The van der Waals surface area contributed by atoms with Gasteiger partial charge in [0.05, 0.1) is 4.90 Å². The van der Waals surface area contributed by atoms with Gasteiger partial charge in [-0.2, -0.15) is 0 Å². The molecule has 140 valence electrons. The Labute approximate surface area is 160 Å². The fourth-order valence-electron chi connectivity index (χ4n) is 4.17. The van der Waals surface area contributed by atoms with Gasteiger partial charge in [-0.25, -0.2) is 13.4 Å². The lowest BCUT2D eigenvalue weighted by atomic mass is 9.86. The van der Waals surface area contributed by atoms with Crippen molar-refractivity contribution in [3.8, 4) is 0 Å². The smallest absolute Gasteiger partial charge is 0.199 e. The van der Waals surface area contributed by atoms with Gasteiger partial charge in [0.15, 0.2) is 9.84 Å². The molecule has 0 saturated heterocycles. The number of fused-ring (bicyclic) bond motifs is 1. The molecule has 1 fully saturated rings. The minimum atomic E-state index is -3.40. The van der Waals surface area contributed by atoms with Gasteiger partial charge in [-0.1, -0.05) is 44.4 Å². The maximum Gasteiger partial charge on any atom is 0.199 e. The van der Waals surface area contributed by atoms with Crippen LogP contribution in [0.4, 0.5) is 0 Å². The summed E-state index contributed by atoms with van der Waals surface area (Å²) in [5.41, 5.74) is 3.18. The van der Waals surface area contributed by atoms with Gasteiger partial charge >= 0.3 is 0 Å². The molecular weight excluding hydrogens is 356 g/mol. The SMILES string of the molecule is C=CS(=O)(=O)c1ccc(C(CC2CCCC2)c2cc3cccnc3[nH]2)cc1. The second-order valence-corrected chi connectivity index (χ2v) is 9.28. The Kier molecular flexibility index (Phi) is 4.87. The van der Waals surface area contributed by atoms with Crippen molar-refractivity contribution in [1.29, 1.82) is 0 Å². The van der Waals surface area contributed by atoms with Crippen LogP contribution in [-0.4, -0.2) is 18.4 Å². The van der Waals surface area contributed by atoms with Crippen LogP contribution in [-0.2, 0) is 9.84 Å². The van der Waals surface area contributed by atoms with E-state index < -0.39 is 9.84 Å². The van der Waals surface area contributed by atoms with Gasteiger partial charge in [0, 0.05) is 28.6 Å². The van der Waals surface area contributed by atoms with Gasteiger partial charge in [0.25, 0.3) is 0 Å². The maximum atomic E-state index is 12.0. The van der Waals surface area contributed by atoms with E-state index >= 15 is 0 Å². The lowest BCUT2D eigenvalue weighted by Gasteiger charge is -2.20. The lowest BCUT2D eigenvalue weighted by molar-refractivity contribution is 0.469. The van der Waals surface area contributed by atoms with Crippen LogP contribution in [0.2, 0.25) is 0 Å². The molecular formula is C22H24N2O2S. The van der Waals surface area contributed by atoms with E-state index in [1.54, 1.807) is 18.3 Å². The summed E-state index contributed by atoms with van der Waals surface area (Å²) in [5, 5.41) is 2.11. The quantitative estimate of drug-likeness (QED) is 0.640. The van der Waals surface area contributed by atoms with E-state index in [0.717, 1.165) is 34.1 Å². The molecule has 2 aromatic heterocycles. The third-order valence-electron chi connectivity index (χ3n) is 5.66. The van der Waals surface area contributed by atoms with Crippen LogP contribution in [0, 0.1) is 5.92 Å². The van der Waals surface area contributed by atoms with Crippen molar-refractivity contribution < 1.29 is 8.42 Å². The van der Waals surface area contributed by atoms with E-state index in [1.807, 2.05) is 18.2 Å². The number of aromatic nitrogens is 2. The molecule has 1 aliphatic carbocycles. The Balaban J connectivity index is 1.72. The summed E-state index contributed by atoms with van der Waals surface area (Å²) in [6, 6.07) is 13.4. The van der Waals surface area contributed by atoms with Crippen LogP contribution in [0.25, 0.3) is 11.0 Å². The van der Waals surface area contributed by atoms with Gasteiger partial charge in [-0.05, 0) is 48.2 Å². The zero-order valence-electron chi connectivity index (χ0n) is 15.3. The van der Waals surface area contributed by atoms with Gasteiger partial charge in [0.2, 0.25) is 0 Å². The molecule has 0 bridgehead atoms. The van der Waals surface area contributed by atoms with Crippen LogP contribution in [0.5, 0.6) is 0 Å². The first-order valence-electron chi connectivity index (χ1n) is 9.48. The predicted octanol–water partition coefficient (Wildman–Crippen LogP) is 5.19. The summed E-state index contributed by atoms with van der Waals surface area (Å²) in [6.45, 7) is 3.41. The number of benzene rings is 1. The number of rotatable bonds is 6. The molecule has 3 aromatic rings. The average Bonchev–Trinajstić information content (AvgIpc) is 3.35. The van der Waals surface area contributed by atoms with Crippen molar-refractivity contribution in [2.24, 2.45) is 5.92 Å². The first kappa shape index (κ1) is 18.0. The van der Waals surface area contributed by atoms with Crippen molar-refractivity contribution in [3.63, 3.8) is 0 Å². The zero-order chi connectivity index (χ0) is 18.9. The number of hydrogen-bond acceptors (Lipinski definition) is 3. The average molecular weight is 381 g/mol. The van der Waals surface area contributed by atoms with Crippen molar-refractivity contribution in [2.45, 2.75) is 42.9 Å².